The van der Waals surface area contributed by atoms with Crippen LogP contribution in [0.5, 0.6) is 5.75 Å². The second-order valence-corrected chi connectivity index (χ2v) is 6.81. The molecule has 0 bridgehead atoms. The molecule has 10 heteroatoms. The molecule has 1 fully saturated rings. The second-order valence-electron chi connectivity index (χ2n) is 6.81. The van der Waals surface area contributed by atoms with E-state index in [-0.39, 0.29) is 6.61 Å². The van der Waals surface area contributed by atoms with Crippen molar-refractivity contribution in [2.24, 2.45) is 5.41 Å². The van der Waals surface area contributed by atoms with E-state index >= 15 is 0 Å². The number of rotatable bonds is 7. The fourth-order valence-electron chi connectivity index (χ4n) is 3.96. The lowest BCUT2D eigenvalue weighted by Crippen LogP contribution is -2.60. The highest BCUT2D eigenvalue weighted by Crippen LogP contribution is 2.54. The molecule has 0 amide bonds. The summed E-state index contributed by atoms with van der Waals surface area (Å²) >= 11 is 0. The SMILES string of the molecule is CCOC(=O)[C@@H]1N[C@@](CC(=O)OC)(C(=O)OC)C(C#N)(C#N)[C@H]1c1ccc(OC)cc1. The van der Waals surface area contributed by atoms with Gasteiger partial charge in [0.2, 0.25) is 0 Å². The van der Waals surface area contributed by atoms with Gasteiger partial charge in [-0.2, -0.15) is 10.5 Å². The monoisotopic (exact) mass is 429 g/mol. The molecule has 31 heavy (non-hydrogen) atoms. The number of methoxy groups -OCH3 is 3. The van der Waals surface area contributed by atoms with Gasteiger partial charge in [-0.1, -0.05) is 12.1 Å². The Morgan fingerprint density at radius 2 is 1.68 bits per heavy atom. The van der Waals surface area contributed by atoms with Gasteiger partial charge in [0, 0.05) is 5.92 Å². The first-order chi connectivity index (χ1) is 14.8. The Hall–Kier alpha value is -3.63. The number of hydrogen-bond acceptors (Lipinski definition) is 10. The number of ether oxygens (including phenoxy) is 4. The normalized spacial score (nSPS) is 23.7. The molecule has 0 spiro atoms. The van der Waals surface area contributed by atoms with Gasteiger partial charge in [-0.05, 0) is 24.6 Å². The summed E-state index contributed by atoms with van der Waals surface area (Å²) in [6, 6.07) is 8.83. The molecule has 0 unspecified atom stereocenters. The summed E-state index contributed by atoms with van der Waals surface area (Å²) in [4.78, 5) is 38.0. The van der Waals surface area contributed by atoms with E-state index < -0.39 is 47.2 Å². The third-order valence-corrected chi connectivity index (χ3v) is 5.41. The lowest BCUT2D eigenvalue weighted by molar-refractivity contribution is -0.157. The summed E-state index contributed by atoms with van der Waals surface area (Å²) in [5, 5.41) is 23.1. The van der Waals surface area contributed by atoms with E-state index in [0.717, 1.165) is 14.2 Å². The first-order valence-electron chi connectivity index (χ1n) is 9.36. The summed E-state index contributed by atoms with van der Waals surface area (Å²) in [6.45, 7) is 1.62. The first kappa shape index (κ1) is 23.6. The van der Waals surface area contributed by atoms with Crippen molar-refractivity contribution in [3.05, 3.63) is 29.8 Å². The molecular formula is C21H23N3O7. The molecule has 1 aromatic rings. The largest absolute Gasteiger partial charge is 0.497 e. The molecule has 1 aliphatic rings. The molecule has 1 N–H and O–H groups in total. The average molecular weight is 429 g/mol. The van der Waals surface area contributed by atoms with Crippen molar-refractivity contribution in [3.63, 3.8) is 0 Å². The number of benzene rings is 1. The van der Waals surface area contributed by atoms with Gasteiger partial charge in [0.25, 0.3) is 0 Å². The van der Waals surface area contributed by atoms with Crippen LogP contribution in [0.3, 0.4) is 0 Å². The van der Waals surface area contributed by atoms with Crippen molar-refractivity contribution in [2.75, 3.05) is 27.9 Å². The van der Waals surface area contributed by atoms with Crippen LogP contribution in [0.4, 0.5) is 0 Å². The van der Waals surface area contributed by atoms with E-state index in [9.17, 15) is 24.9 Å². The maximum Gasteiger partial charge on any atom is 0.329 e. The minimum Gasteiger partial charge on any atom is -0.497 e. The molecule has 0 aromatic heterocycles. The number of nitrogens with zero attached hydrogens (tertiary/aromatic N) is 2. The zero-order chi connectivity index (χ0) is 23.2. The standard InChI is InChI=1S/C21H23N3O7/c1-5-31-18(26)17-16(13-6-8-14(28-2)9-7-13)20(11-22,12-23)21(24-17,19(27)30-4)10-15(25)29-3/h6-9,16-17,24H,5,10H2,1-4H3/t16-,17+,21-/m0/s1. The molecule has 10 nitrogen and oxygen atoms in total. The molecule has 0 aliphatic carbocycles. The van der Waals surface area contributed by atoms with Crippen molar-refractivity contribution in [2.45, 2.75) is 30.8 Å². The number of hydrogen-bond donors (Lipinski definition) is 1. The van der Waals surface area contributed by atoms with Gasteiger partial charge in [-0.25, -0.2) is 4.79 Å². The summed E-state index contributed by atoms with van der Waals surface area (Å²) in [6.07, 6.45) is -0.708. The van der Waals surface area contributed by atoms with Crippen LogP contribution in [0.25, 0.3) is 0 Å². The number of nitriles is 2. The van der Waals surface area contributed by atoms with Crippen molar-refractivity contribution in [1.82, 2.24) is 5.32 Å². The van der Waals surface area contributed by atoms with Gasteiger partial charge in [0.1, 0.15) is 11.8 Å². The van der Waals surface area contributed by atoms with Crippen LogP contribution in [0.2, 0.25) is 0 Å². The van der Waals surface area contributed by atoms with E-state index in [1.165, 1.54) is 7.11 Å². The summed E-state index contributed by atoms with van der Waals surface area (Å²) in [5.74, 6) is -3.36. The third-order valence-electron chi connectivity index (χ3n) is 5.41. The van der Waals surface area contributed by atoms with E-state index in [0.29, 0.717) is 11.3 Å². The number of nitrogens with one attached hydrogen (secondary N) is 1. The molecule has 0 saturated carbocycles. The molecule has 1 heterocycles. The second kappa shape index (κ2) is 9.45. The Morgan fingerprint density at radius 1 is 1.06 bits per heavy atom. The van der Waals surface area contributed by atoms with Crippen LogP contribution in [0.15, 0.2) is 24.3 Å². The van der Waals surface area contributed by atoms with Gasteiger partial charge in [0.15, 0.2) is 11.0 Å². The smallest absolute Gasteiger partial charge is 0.329 e. The summed E-state index contributed by atoms with van der Waals surface area (Å²) in [7, 11) is 3.64. The summed E-state index contributed by atoms with van der Waals surface area (Å²) in [5.41, 5.74) is -3.99. The molecule has 1 aliphatic heterocycles. The molecule has 1 saturated heterocycles. The topological polar surface area (TPSA) is 148 Å². The quantitative estimate of drug-likeness (QED) is 0.488. The van der Waals surface area contributed by atoms with Crippen LogP contribution < -0.4 is 10.1 Å². The fraction of sp³-hybridized carbons (Fsp3) is 0.476. The highest BCUT2D eigenvalue weighted by Gasteiger charge is 2.72. The van der Waals surface area contributed by atoms with E-state index in [4.69, 9.17) is 18.9 Å². The van der Waals surface area contributed by atoms with Crippen molar-refractivity contribution < 1.29 is 33.3 Å². The predicted octanol–water partition coefficient (Wildman–Crippen LogP) is 0.822. The van der Waals surface area contributed by atoms with Crippen molar-refractivity contribution in [1.29, 1.82) is 10.5 Å². The molecule has 1 aromatic carbocycles. The van der Waals surface area contributed by atoms with Crippen LogP contribution in [0, 0.1) is 28.1 Å². The Kier molecular flexibility index (Phi) is 7.21. The minimum atomic E-state index is -2.21. The van der Waals surface area contributed by atoms with Crippen LogP contribution >= 0.6 is 0 Å². The highest BCUT2D eigenvalue weighted by molar-refractivity contribution is 5.93. The predicted molar refractivity (Wildman–Crippen MR) is 104 cm³/mol. The molecule has 3 atom stereocenters. The summed E-state index contributed by atoms with van der Waals surface area (Å²) < 4.78 is 19.8. The zero-order valence-electron chi connectivity index (χ0n) is 17.6. The number of carbonyl (C=O) groups excluding carboxylic acids is 3. The molecule has 2 rings (SSSR count). The Balaban J connectivity index is 2.82. The van der Waals surface area contributed by atoms with Crippen LogP contribution in [0.1, 0.15) is 24.8 Å². The van der Waals surface area contributed by atoms with E-state index in [2.05, 4.69) is 5.32 Å². The Labute approximate surface area is 179 Å². The van der Waals surface area contributed by atoms with E-state index in [1.807, 2.05) is 12.1 Å². The zero-order valence-corrected chi connectivity index (χ0v) is 17.6. The lowest BCUT2D eigenvalue weighted by Gasteiger charge is -2.35. The maximum absolute atomic E-state index is 13.0. The minimum absolute atomic E-state index is 0.0285. The number of esters is 3. The van der Waals surface area contributed by atoms with E-state index in [1.54, 1.807) is 31.2 Å². The van der Waals surface area contributed by atoms with Crippen molar-refractivity contribution in [3.8, 4) is 17.9 Å². The highest BCUT2D eigenvalue weighted by atomic mass is 16.5. The lowest BCUT2D eigenvalue weighted by atomic mass is 9.62. The van der Waals surface area contributed by atoms with Gasteiger partial charge in [-0.3, -0.25) is 14.9 Å². The molecule has 0 radical (unpaired) electrons. The Morgan fingerprint density at radius 3 is 2.13 bits per heavy atom. The first-order valence-corrected chi connectivity index (χ1v) is 9.36. The maximum atomic E-state index is 13.0. The van der Waals surface area contributed by atoms with Gasteiger partial charge in [-0.15, -0.1) is 0 Å². The Bertz CT molecular complexity index is 918. The third kappa shape index (κ3) is 3.78. The van der Waals surface area contributed by atoms with Crippen molar-refractivity contribution >= 4 is 17.9 Å². The molecular weight excluding hydrogens is 406 g/mol. The van der Waals surface area contributed by atoms with Gasteiger partial charge >= 0.3 is 17.9 Å². The van der Waals surface area contributed by atoms with Crippen LogP contribution in [-0.4, -0.2) is 57.4 Å². The van der Waals surface area contributed by atoms with Gasteiger partial charge < -0.3 is 18.9 Å². The van der Waals surface area contributed by atoms with Gasteiger partial charge in [0.05, 0.1) is 46.5 Å². The molecule has 164 valence electrons. The fourth-order valence-corrected chi connectivity index (χ4v) is 3.96. The number of carbonyl (C=O) groups is 3. The average Bonchev–Trinajstić information content (AvgIpc) is 3.09. The van der Waals surface area contributed by atoms with Crippen LogP contribution in [-0.2, 0) is 28.6 Å².